The molecule has 1 atom stereocenters. The Hall–Kier alpha value is -2.84. The predicted octanol–water partition coefficient (Wildman–Crippen LogP) is 2.35. The van der Waals surface area contributed by atoms with Gasteiger partial charge in [0.15, 0.2) is 17.3 Å². The first-order chi connectivity index (χ1) is 13.1. The van der Waals surface area contributed by atoms with Gasteiger partial charge in [0.1, 0.15) is 5.65 Å². The van der Waals surface area contributed by atoms with E-state index in [1.807, 2.05) is 18.3 Å². The molecule has 0 saturated carbocycles. The zero-order chi connectivity index (χ0) is 18.5. The molecule has 9 heteroatoms. The molecule has 0 amide bonds. The monoisotopic (exact) mass is 400 g/mol. The van der Waals surface area contributed by atoms with Crippen molar-refractivity contribution in [2.45, 2.75) is 19.3 Å². The molecule has 5 heterocycles. The maximum Gasteiger partial charge on any atom is 0.355 e. The Bertz CT molecular complexity index is 1240. The molecule has 0 radical (unpaired) electrons. The minimum Gasteiger partial charge on any atom is -0.316 e. The molecule has 1 N–H and O–H groups in total. The van der Waals surface area contributed by atoms with Crippen LogP contribution in [0.4, 0.5) is 4.39 Å². The number of rotatable bonds is 2. The Morgan fingerprint density at radius 1 is 1.18 bits per heavy atom. The number of fused-ring (bicyclic) bond motifs is 2. The van der Waals surface area contributed by atoms with Gasteiger partial charge in [0.2, 0.25) is 0 Å². The summed E-state index contributed by atoms with van der Waals surface area (Å²) < 4.78 is 17.4. The fourth-order valence-corrected chi connectivity index (χ4v) is 3.64. The van der Waals surface area contributed by atoms with E-state index >= 15 is 0 Å². The molecule has 0 bridgehead atoms. The van der Waals surface area contributed by atoms with E-state index in [4.69, 9.17) is 0 Å². The molecule has 0 spiro atoms. The van der Waals surface area contributed by atoms with Gasteiger partial charge in [-0.25, -0.2) is 19.2 Å². The quantitative estimate of drug-likeness (QED) is 0.559. The van der Waals surface area contributed by atoms with Crippen molar-refractivity contribution in [1.29, 1.82) is 0 Å². The van der Waals surface area contributed by atoms with Gasteiger partial charge in [0.05, 0.1) is 5.69 Å². The number of nitrogens with zero attached hydrogens (tertiary/aromatic N) is 5. The topological polar surface area (TPSA) is 76.6 Å². The van der Waals surface area contributed by atoms with Crippen molar-refractivity contribution < 1.29 is 4.39 Å². The van der Waals surface area contributed by atoms with Crippen LogP contribution in [0.2, 0.25) is 0 Å². The number of halogens is 2. The van der Waals surface area contributed by atoms with Gasteiger partial charge in [-0.1, -0.05) is 6.07 Å². The summed E-state index contributed by atoms with van der Waals surface area (Å²) in [7, 11) is 0. The maximum absolute atomic E-state index is 14.4. The van der Waals surface area contributed by atoms with Crippen LogP contribution in [0.1, 0.15) is 23.6 Å². The van der Waals surface area contributed by atoms with Crippen LogP contribution >= 0.6 is 12.4 Å². The Labute approximate surface area is 165 Å². The van der Waals surface area contributed by atoms with Gasteiger partial charge in [-0.05, 0) is 43.5 Å². The third-order valence-corrected chi connectivity index (χ3v) is 4.99. The molecule has 5 rings (SSSR count). The van der Waals surface area contributed by atoms with Crippen molar-refractivity contribution in [3.8, 4) is 11.4 Å². The van der Waals surface area contributed by atoms with E-state index in [-0.39, 0.29) is 23.9 Å². The molecule has 4 aromatic rings. The van der Waals surface area contributed by atoms with E-state index in [0.29, 0.717) is 22.8 Å². The number of aromatic nitrogens is 5. The van der Waals surface area contributed by atoms with Crippen molar-refractivity contribution in [3.63, 3.8) is 0 Å². The summed E-state index contributed by atoms with van der Waals surface area (Å²) in [6, 6.07) is 5.12. The highest BCUT2D eigenvalue weighted by Crippen LogP contribution is 2.23. The van der Waals surface area contributed by atoms with E-state index in [1.165, 1.54) is 10.5 Å². The molecular formula is C19H18ClFN6O. The first-order valence-electron chi connectivity index (χ1n) is 8.85. The Morgan fingerprint density at radius 2 is 2.04 bits per heavy atom. The zero-order valence-electron chi connectivity index (χ0n) is 15.1. The van der Waals surface area contributed by atoms with Crippen LogP contribution in [-0.2, 0) is 0 Å². The van der Waals surface area contributed by atoms with E-state index in [0.717, 1.165) is 25.1 Å². The molecule has 7 nitrogen and oxygen atoms in total. The van der Waals surface area contributed by atoms with Gasteiger partial charge in [0.25, 0.3) is 0 Å². The van der Waals surface area contributed by atoms with Crippen LogP contribution in [0.15, 0.2) is 41.6 Å². The summed E-state index contributed by atoms with van der Waals surface area (Å²) in [5, 5.41) is 3.32. The molecule has 1 fully saturated rings. The van der Waals surface area contributed by atoms with Gasteiger partial charge in [-0.3, -0.25) is 4.40 Å². The van der Waals surface area contributed by atoms with Gasteiger partial charge in [-0.15, -0.1) is 12.4 Å². The minimum absolute atomic E-state index is 0. The zero-order valence-corrected chi connectivity index (χ0v) is 15.9. The van der Waals surface area contributed by atoms with Gasteiger partial charge >= 0.3 is 5.69 Å². The van der Waals surface area contributed by atoms with Crippen molar-refractivity contribution in [2.75, 3.05) is 13.1 Å². The summed E-state index contributed by atoms with van der Waals surface area (Å²) >= 11 is 0. The van der Waals surface area contributed by atoms with Crippen LogP contribution in [0.3, 0.4) is 0 Å². The fourth-order valence-electron chi connectivity index (χ4n) is 3.64. The van der Waals surface area contributed by atoms with E-state index in [2.05, 4.69) is 20.3 Å². The minimum atomic E-state index is -0.478. The lowest BCUT2D eigenvalue weighted by Crippen LogP contribution is -2.20. The molecule has 1 aliphatic rings. The summed E-state index contributed by atoms with van der Waals surface area (Å²) in [5.74, 6) is 0.109. The number of hydrogen-bond donors (Lipinski definition) is 1. The normalized spacial score (nSPS) is 16.6. The number of nitrogens with one attached hydrogen (secondary N) is 1. The van der Waals surface area contributed by atoms with Gasteiger partial charge < -0.3 is 9.72 Å². The highest BCUT2D eigenvalue weighted by Gasteiger charge is 2.18. The summed E-state index contributed by atoms with van der Waals surface area (Å²) in [6.45, 7) is 3.68. The smallest absolute Gasteiger partial charge is 0.316 e. The molecule has 1 unspecified atom stereocenters. The van der Waals surface area contributed by atoms with Crippen LogP contribution in [-0.4, -0.2) is 36.8 Å². The van der Waals surface area contributed by atoms with Crippen molar-refractivity contribution in [3.05, 3.63) is 64.3 Å². The van der Waals surface area contributed by atoms with Gasteiger partial charge in [-0.2, -0.15) is 4.98 Å². The lowest BCUT2D eigenvalue weighted by Gasteiger charge is -2.10. The van der Waals surface area contributed by atoms with Crippen LogP contribution in [0, 0.1) is 12.7 Å². The fraction of sp³-hybridized carbons (Fsp3) is 0.263. The van der Waals surface area contributed by atoms with Crippen LogP contribution < -0.4 is 11.0 Å². The molecule has 1 aliphatic heterocycles. The number of pyridine rings is 2. The molecular weight excluding hydrogens is 383 g/mol. The highest BCUT2D eigenvalue weighted by atomic mass is 35.5. The Balaban J connectivity index is 0.00000192. The lowest BCUT2D eigenvalue weighted by molar-refractivity contribution is 0.630. The SMILES string of the molecule is Cc1cn2cc(-c3nc(=O)n4cc(C5CCNC5)ccc4n3)cc(F)c2n1.Cl. The van der Waals surface area contributed by atoms with E-state index in [1.54, 1.807) is 23.7 Å². The third-order valence-electron chi connectivity index (χ3n) is 4.99. The predicted molar refractivity (Wildman–Crippen MR) is 106 cm³/mol. The number of hydrogen-bond acceptors (Lipinski definition) is 5. The Kier molecular flexibility index (Phi) is 4.60. The maximum atomic E-state index is 14.4. The van der Waals surface area contributed by atoms with Gasteiger partial charge in [0, 0.05) is 30.7 Å². The molecule has 28 heavy (non-hydrogen) atoms. The average molecular weight is 401 g/mol. The molecule has 0 aromatic carbocycles. The standard InChI is InChI=1S/C19H17FN6O.ClH/c1-11-8-25-9-14(6-15(20)18(25)22-11)17-23-16-3-2-13(12-4-5-21-7-12)10-26(16)19(27)24-17;/h2-3,6,8-10,12,21H,4-5,7H2,1H3;1H. The molecule has 4 aromatic heterocycles. The average Bonchev–Trinajstić information content (AvgIpc) is 3.30. The largest absolute Gasteiger partial charge is 0.355 e. The second-order valence-corrected chi connectivity index (χ2v) is 6.90. The van der Waals surface area contributed by atoms with E-state index < -0.39 is 11.5 Å². The van der Waals surface area contributed by atoms with Crippen LogP contribution in [0.5, 0.6) is 0 Å². The van der Waals surface area contributed by atoms with Crippen LogP contribution in [0.25, 0.3) is 22.7 Å². The second-order valence-electron chi connectivity index (χ2n) is 6.90. The van der Waals surface area contributed by atoms with Crippen molar-refractivity contribution in [2.24, 2.45) is 0 Å². The highest BCUT2D eigenvalue weighted by molar-refractivity contribution is 5.85. The molecule has 0 aliphatic carbocycles. The first-order valence-corrected chi connectivity index (χ1v) is 8.85. The van der Waals surface area contributed by atoms with Crippen molar-refractivity contribution >= 4 is 23.7 Å². The molecule has 144 valence electrons. The summed E-state index contributed by atoms with van der Waals surface area (Å²) in [6.07, 6.45) is 6.25. The van der Waals surface area contributed by atoms with Crippen molar-refractivity contribution in [1.82, 2.24) is 29.1 Å². The first kappa shape index (κ1) is 18.5. The summed E-state index contributed by atoms with van der Waals surface area (Å²) in [5.41, 5.74) is 2.53. The lowest BCUT2D eigenvalue weighted by atomic mass is 10.0. The third kappa shape index (κ3) is 3.04. The second kappa shape index (κ2) is 6.96. The number of imidazole rings is 1. The summed E-state index contributed by atoms with van der Waals surface area (Å²) in [4.78, 5) is 25.3. The molecule has 1 saturated heterocycles. The Morgan fingerprint density at radius 3 is 2.82 bits per heavy atom. The van der Waals surface area contributed by atoms with E-state index in [9.17, 15) is 9.18 Å². The number of aryl methyl sites for hydroxylation is 1.